The van der Waals surface area contributed by atoms with Gasteiger partial charge in [0.05, 0.1) is 4.92 Å². The number of nitrogens with zero attached hydrogens (tertiary/aromatic N) is 1. The molecule has 3 aliphatic rings. The quantitative estimate of drug-likeness (QED) is 0.640. The number of nitro groups is 1. The highest BCUT2D eigenvalue weighted by Gasteiger charge is 2.53. The van der Waals surface area contributed by atoms with E-state index < -0.39 is 0 Å². The van der Waals surface area contributed by atoms with Gasteiger partial charge in [-0.2, -0.15) is 0 Å². The summed E-state index contributed by atoms with van der Waals surface area (Å²) in [7, 11) is 0. The van der Waals surface area contributed by atoms with Crippen molar-refractivity contribution in [1.29, 1.82) is 0 Å². The fourth-order valence-corrected chi connectivity index (χ4v) is 5.65. The van der Waals surface area contributed by atoms with Crippen molar-refractivity contribution in [1.82, 2.24) is 0 Å². The van der Waals surface area contributed by atoms with E-state index in [2.05, 4.69) is 21.2 Å². The van der Waals surface area contributed by atoms with Gasteiger partial charge in [-0.1, -0.05) is 6.42 Å². The third kappa shape index (κ3) is 2.17. The second-order valence-corrected chi connectivity index (χ2v) is 7.68. The fourth-order valence-electron chi connectivity index (χ4n) is 5.17. The van der Waals surface area contributed by atoms with Crippen LogP contribution in [0.3, 0.4) is 0 Å². The zero-order chi connectivity index (χ0) is 14.6. The molecule has 5 atom stereocenters. The summed E-state index contributed by atoms with van der Waals surface area (Å²) in [5, 5.41) is 14.5. The van der Waals surface area contributed by atoms with Gasteiger partial charge >= 0.3 is 0 Å². The summed E-state index contributed by atoms with van der Waals surface area (Å²) in [4.78, 5) is 10.5. The highest BCUT2D eigenvalue weighted by Crippen LogP contribution is 2.59. The zero-order valence-electron chi connectivity index (χ0n) is 11.8. The minimum Gasteiger partial charge on any atom is -0.381 e. The number of halogens is 1. The Hall–Kier alpha value is -1.10. The number of anilines is 1. The van der Waals surface area contributed by atoms with E-state index in [1.807, 2.05) is 6.07 Å². The number of hydrogen-bond acceptors (Lipinski definition) is 3. The first-order valence-corrected chi connectivity index (χ1v) is 8.63. The van der Waals surface area contributed by atoms with Crippen molar-refractivity contribution in [2.24, 2.45) is 23.7 Å². The van der Waals surface area contributed by atoms with E-state index in [1.165, 1.54) is 32.1 Å². The van der Waals surface area contributed by atoms with Crippen LogP contribution in [0.15, 0.2) is 22.7 Å². The largest absolute Gasteiger partial charge is 0.381 e. The number of rotatable bonds is 3. The SMILES string of the molecule is O=[N+]([O-])c1ccc(NC2CC3CC2C2CCCC32)c(Br)c1. The minimum absolute atomic E-state index is 0.135. The number of benzene rings is 1. The highest BCUT2D eigenvalue weighted by atomic mass is 79.9. The Bertz CT molecular complexity index is 592. The van der Waals surface area contributed by atoms with Gasteiger partial charge in [-0.3, -0.25) is 10.1 Å². The molecule has 0 heterocycles. The molecule has 0 saturated heterocycles. The molecule has 3 saturated carbocycles. The average molecular weight is 351 g/mol. The normalized spacial score (nSPS) is 36.7. The minimum atomic E-state index is -0.352. The molecule has 0 amide bonds. The predicted molar refractivity (Wildman–Crippen MR) is 85.3 cm³/mol. The Morgan fingerprint density at radius 1 is 1.19 bits per heavy atom. The molecule has 0 spiro atoms. The van der Waals surface area contributed by atoms with Crippen LogP contribution in [0.1, 0.15) is 32.1 Å². The molecule has 1 N–H and O–H groups in total. The van der Waals surface area contributed by atoms with Crippen LogP contribution in [0.5, 0.6) is 0 Å². The smallest absolute Gasteiger partial charge is 0.270 e. The van der Waals surface area contributed by atoms with Gasteiger partial charge in [0.1, 0.15) is 0 Å². The van der Waals surface area contributed by atoms with Crippen LogP contribution in [0.2, 0.25) is 0 Å². The van der Waals surface area contributed by atoms with Gasteiger partial charge in [0.15, 0.2) is 0 Å². The molecular formula is C16H19BrN2O2. The van der Waals surface area contributed by atoms with E-state index in [0.717, 1.165) is 33.8 Å². The molecule has 0 aliphatic heterocycles. The monoisotopic (exact) mass is 350 g/mol. The Morgan fingerprint density at radius 2 is 2.00 bits per heavy atom. The second kappa shape index (κ2) is 4.97. The summed E-state index contributed by atoms with van der Waals surface area (Å²) in [6.07, 6.45) is 6.92. The van der Waals surface area contributed by atoms with Crippen LogP contribution >= 0.6 is 15.9 Å². The number of nitro benzene ring substituents is 1. The standard InChI is InChI=1S/C16H19BrN2O2/c17-14-8-10(19(20)21)4-5-15(14)18-16-7-9-6-13(16)12-3-1-2-11(9)12/h4-5,8-9,11-13,16,18H,1-3,6-7H2. The molecular weight excluding hydrogens is 332 g/mol. The predicted octanol–water partition coefficient (Wildman–Crippen LogP) is 4.59. The molecule has 3 aliphatic carbocycles. The van der Waals surface area contributed by atoms with Gasteiger partial charge in [-0.15, -0.1) is 0 Å². The summed E-state index contributed by atoms with van der Waals surface area (Å²) < 4.78 is 0.794. The average Bonchev–Trinajstić information content (AvgIpc) is 3.12. The third-order valence-electron chi connectivity index (χ3n) is 5.93. The maximum absolute atomic E-state index is 10.8. The first-order chi connectivity index (χ1) is 10.1. The number of non-ortho nitro benzene ring substituents is 1. The van der Waals surface area contributed by atoms with Crippen LogP contribution in [0.4, 0.5) is 11.4 Å². The molecule has 4 rings (SSSR count). The maximum Gasteiger partial charge on any atom is 0.270 e. The van der Waals surface area contributed by atoms with Crippen molar-refractivity contribution in [3.8, 4) is 0 Å². The van der Waals surface area contributed by atoms with Gasteiger partial charge in [0.25, 0.3) is 5.69 Å². The number of fused-ring (bicyclic) bond motifs is 5. The Kier molecular flexibility index (Phi) is 3.21. The lowest BCUT2D eigenvalue weighted by atomic mass is 9.79. The summed E-state index contributed by atoms with van der Waals surface area (Å²) in [6.45, 7) is 0. The van der Waals surface area contributed by atoms with E-state index in [0.29, 0.717) is 6.04 Å². The van der Waals surface area contributed by atoms with E-state index in [1.54, 1.807) is 12.1 Å². The molecule has 112 valence electrons. The molecule has 1 aromatic carbocycles. The second-order valence-electron chi connectivity index (χ2n) is 6.83. The van der Waals surface area contributed by atoms with Crippen LogP contribution in [-0.4, -0.2) is 11.0 Å². The van der Waals surface area contributed by atoms with E-state index in [4.69, 9.17) is 0 Å². The lowest BCUT2D eigenvalue weighted by molar-refractivity contribution is -0.384. The summed E-state index contributed by atoms with van der Waals surface area (Å²) in [5.41, 5.74) is 1.13. The van der Waals surface area contributed by atoms with Gasteiger partial charge in [0, 0.05) is 28.3 Å². The molecule has 5 unspecified atom stereocenters. The lowest BCUT2D eigenvalue weighted by Gasteiger charge is -2.33. The van der Waals surface area contributed by atoms with Crippen molar-refractivity contribution in [2.45, 2.75) is 38.1 Å². The Labute approximate surface area is 132 Å². The molecule has 0 radical (unpaired) electrons. The molecule has 4 nitrogen and oxygen atoms in total. The van der Waals surface area contributed by atoms with Crippen LogP contribution in [0, 0.1) is 33.8 Å². The Morgan fingerprint density at radius 3 is 2.76 bits per heavy atom. The van der Waals surface area contributed by atoms with Crippen molar-refractivity contribution >= 4 is 27.3 Å². The van der Waals surface area contributed by atoms with Crippen LogP contribution in [-0.2, 0) is 0 Å². The summed E-state index contributed by atoms with van der Waals surface area (Å²) in [6, 6.07) is 5.56. The van der Waals surface area contributed by atoms with Crippen molar-refractivity contribution in [3.63, 3.8) is 0 Å². The molecule has 1 aromatic rings. The van der Waals surface area contributed by atoms with Crippen LogP contribution in [0.25, 0.3) is 0 Å². The van der Waals surface area contributed by atoms with E-state index >= 15 is 0 Å². The number of hydrogen-bond donors (Lipinski definition) is 1. The van der Waals surface area contributed by atoms with E-state index in [9.17, 15) is 10.1 Å². The molecule has 2 bridgehead atoms. The zero-order valence-corrected chi connectivity index (χ0v) is 13.4. The van der Waals surface area contributed by atoms with Crippen molar-refractivity contribution in [2.75, 3.05) is 5.32 Å². The Balaban J connectivity index is 1.51. The topological polar surface area (TPSA) is 55.2 Å². The molecule has 21 heavy (non-hydrogen) atoms. The van der Waals surface area contributed by atoms with Gasteiger partial charge in [-0.05, 0) is 71.4 Å². The van der Waals surface area contributed by atoms with Gasteiger partial charge in [0.2, 0.25) is 0 Å². The van der Waals surface area contributed by atoms with Gasteiger partial charge < -0.3 is 5.32 Å². The van der Waals surface area contributed by atoms with Crippen LogP contribution < -0.4 is 5.32 Å². The lowest BCUT2D eigenvalue weighted by Crippen LogP contribution is -2.33. The fraction of sp³-hybridized carbons (Fsp3) is 0.625. The molecule has 0 aromatic heterocycles. The summed E-state index contributed by atoms with van der Waals surface area (Å²) in [5.74, 6) is 3.65. The van der Waals surface area contributed by atoms with Gasteiger partial charge in [-0.25, -0.2) is 0 Å². The third-order valence-corrected chi connectivity index (χ3v) is 6.59. The van der Waals surface area contributed by atoms with Crippen molar-refractivity contribution in [3.05, 3.63) is 32.8 Å². The summed E-state index contributed by atoms with van der Waals surface area (Å²) >= 11 is 3.47. The highest BCUT2D eigenvalue weighted by molar-refractivity contribution is 9.10. The van der Waals surface area contributed by atoms with E-state index in [-0.39, 0.29) is 10.6 Å². The molecule has 3 fully saturated rings. The number of nitrogens with one attached hydrogen (secondary N) is 1. The molecule has 5 heteroatoms. The van der Waals surface area contributed by atoms with Crippen molar-refractivity contribution < 1.29 is 4.92 Å². The first-order valence-electron chi connectivity index (χ1n) is 7.84. The maximum atomic E-state index is 10.8. The first kappa shape index (κ1) is 13.6.